The molecule has 2 rings (SSSR count). The first-order chi connectivity index (χ1) is 12.3. The van der Waals surface area contributed by atoms with Gasteiger partial charge < -0.3 is 20.3 Å². The maximum Gasteiger partial charge on any atom is 0.254 e. The Kier molecular flexibility index (Phi) is 6.18. The molecule has 138 valence electrons. The number of nitrogens with one attached hydrogen (secondary N) is 2. The maximum atomic E-state index is 14.2. The number of aliphatic hydroxyl groups is 1. The monoisotopic (exact) mass is 365 g/mol. The summed E-state index contributed by atoms with van der Waals surface area (Å²) in [5, 5.41) is 13.2. The lowest BCUT2D eigenvalue weighted by molar-refractivity contribution is -0.119. The fourth-order valence-electron chi connectivity index (χ4n) is 2.25. The number of aliphatic hydroxyl groups excluding tert-OH is 1. The first-order valence-corrected chi connectivity index (χ1v) is 7.62. The van der Waals surface area contributed by atoms with Gasteiger partial charge in [0.2, 0.25) is 5.91 Å². The minimum Gasteiger partial charge on any atom is -0.376 e. The highest BCUT2D eigenvalue weighted by Crippen LogP contribution is 2.16. The zero-order valence-corrected chi connectivity index (χ0v) is 13.9. The molecule has 0 unspecified atom stereocenters. The number of benzene rings is 1. The van der Waals surface area contributed by atoms with E-state index < -0.39 is 29.8 Å². The fourth-order valence-corrected chi connectivity index (χ4v) is 2.25. The number of carbonyl (C=O) groups is 2. The van der Waals surface area contributed by atoms with Crippen LogP contribution in [-0.2, 0) is 17.9 Å². The second kappa shape index (κ2) is 8.34. The van der Waals surface area contributed by atoms with E-state index in [2.05, 4.69) is 10.6 Å². The Morgan fingerprint density at radius 3 is 2.42 bits per heavy atom. The van der Waals surface area contributed by atoms with Gasteiger partial charge in [0.1, 0.15) is 18.4 Å². The van der Waals surface area contributed by atoms with Gasteiger partial charge in [-0.25, -0.2) is 8.78 Å². The molecule has 2 amide bonds. The molecule has 0 radical (unpaired) electrons. The van der Waals surface area contributed by atoms with E-state index in [1.165, 1.54) is 19.2 Å². The Balaban J connectivity index is 2.29. The molecule has 0 aliphatic carbocycles. The summed E-state index contributed by atoms with van der Waals surface area (Å²) in [7, 11) is 0. The zero-order chi connectivity index (χ0) is 19.3. The van der Waals surface area contributed by atoms with Gasteiger partial charge in [0.05, 0.1) is 12.1 Å². The van der Waals surface area contributed by atoms with Crippen LogP contribution in [0.4, 0.5) is 8.78 Å². The summed E-state index contributed by atoms with van der Waals surface area (Å²) in [5.74, 6) is -2.46. The largest absolute Gasteiger partial charge is 0.376 e. The van der Waals surface area contributed by atoms with Crippen LogP contribution < -0.4 is 16.2 Å². The average molecular weight is 365 g/mol. The first kappa shape index (κ1) is 19.3. The number of nitrogens with zero attached hydrogens (tertiary/aromatic N) is 1. The number of halogens is 2. The summed E-state index contributed by atoms with van der Waals surface area (Å²) in [6, 6.07) is 4.27. The molecule has 0 saturated heterocycles. The topological polar surface area (TPSA) is 100 Å². The number of amides is 2. The third kappa shape index (κ3) is 4.73. The summed E-state index contributed by atoms with van der Waals surface area (Å²) >= 11 is 0. The van der Waals surface area contributed by atoms with Crippen LogP contribution in [0.15, 0.2) is 35.3 Å². The van der Waals surface area contributed by atoms with Crippen LogP contribution >= 0.6 is 0 Å². The van der Waals surface area contributed by atoms with E-state index in [-0.39, 0.29) is 35.7 Å². The highest BCUT2D eigenvalue weighted by Gasteiger charge is 2.13. The summed E-state index contributed by atoms with van der Waals surface area (Å²) in [5.41, 5.74) is -0.532. The van der Waals surface area contributed by atoms with Gasteiger partial charge in [-0.15, -0.1) is 0 Å². The van der Waals surface area contributed by atoms with E-state index in [4.69, 9.17) is 5.11 Å². The second-order valence-corrected chi connectivity index (χ2v) is 5.49. The van der Waals surface area contributed by atoms with Gasteiger partial charge in [0.25, 0.3) is 11.5 Å². The van der Waals surface area contributed by atoms with Crippen LogP contribution in [0.2, 0.25) is 0 Å². The molecular weight excluding hydrogens is 348 g/mol. The van der Waals surface area contributed by atoms with Crippen LogP contribution in [0.25, 0.3) is 0 Å². The molecule has 0 bridgehead atoms. The Labute approximate surface area is 147 Å². The van der Waals surface area contributed by atoms with Gasteiger partial charge in [-0.1, -0.05) is 0 Å². The average Bonchev–Trinajstić information content (AvgIpc) is 2.58. The molecule has 0 saturated carbocycles. The molecule has 26 heavy (non-hydrogen) atoms. The first-order valence-electron chi connectivity index (χ1n) is 7.62. The van der Waals surface area contributed by atoms with Crippen LogP contribution in [0, 0.1) is 11.6 Å². The van der Waals surface area contributed by atoms with Crippen molar-refractivity contribution in [2.45, 2.75) is 20.0 Å². The van der Waals surface area contributed by atoms with Gasteiger partial charge in [-0.3, -0.25) is 14.4 Å². The molecular formula is C17H17F2N3O4. The molecule has 0 aliphatic rings. The molecule has 7 nitrogen and oxygen atoms in total. The zero-order valence-electron chi connectivity index (χ0n) is 13.9. The Hall–Kier alpha value is -3.07. The van der Waals surface area contributed by atoms with Gasteiger partial charge in [0.15, 0.2) is 0 Å². The number of aromatic nitrogens is 1. The van der Waals surface area contributed by atoms with Gasteiger partial charge >= 0.3 is 0 Å². The summed E-state index contributed by atoms with van der Waals surface area (Å²) in [6.45, 7) is 0.236. The Bertz CT molecular complexity index is 896. The molecule has 3 N–H and O–H groups in total. The summed E-state index contributed by atoms with van der Waals surface area (Å²) in [4.78, 5) is 34.5. The standard InChI is InChI=1S/C17H17F2N3O4/c1-10(24)20-6-12-4-15(19)13(5-14(12)18)8-22-7-11(2-3-16(22)25)17(26)21-9-23/h2-5,7,23H,6,8-9H2,1H3,(H,20,24)(H,21,26). The predicted molar refractivity (Wildman–Crippen MR) is 88.2 cm³/mol. The molecule has 1 aromatic heterocycles. The van der Waals surface area contributed by atoms with Crippen molar-refractivity contribution in [1.29, 1.82) is 0 Å². The van der Waals surface area contributed by atoms with Gasteiger partial charge in [-0.05, 0) is 18.2 Å². The van der Waals surface area contributed by atoms with Crippen molar-refractivity contribution >= 4 is 11.8 Å². The lowest BCUT2D eigenvalue weighted by Crippen LogP contribution is -2.27. The quantitative estimate of drug-likeness (QED) is 0.649. The third-order valence-corrected chi connectivity index (χ3v) is 3.57. The molecule has 2 aromatic rings. The lowest BCUT2D eigenvalue weighted by Gasteiger charge is -2.11. The predicted octanol–water partition coefficient (Wildman–Crippen LogP) is 0.490. The number of carbonyl (C=O) groups excluding carboxylic acids is 2. The van der Waals surface area contributed by atoms with Crippen molar-refractivity contribution in [3.8, 4) is 0 Å². The lowest BCUT2D eigenvalue weighted by atomic mass is 10.1. The van der Waals surface area contributed by atoms with Crippen LogP contribution in [-0.4, -0.2) is 28.2 Å². The van der Waals surface area contributed by atoms with Crippen molar-refractivity contribution < 1.29 is 23.5 Å². The molecule has 0 spiro atoms. The fraction of sp³-hybridized carbons (Fsp3) is 0.235. The van der Waals surface area contributed by atoms with Crippen molar-refractivity contribution in [1.82, 2.24) is 15.2 Å². The van der Waals surface area contributed by atoms with Crippen molar-refractivity contribution in [2.75, 3.05) is 6.73 Å². The highest BCUT2D eigenvalue weighted by molar-refractivity contribution is 5.93. The van der Waals surface area contributed by atoms with Crippen molar-refractivity contribution in [2.24, 2.45) is 0 Å². The number of hydrogen-bond acceptors (Lipinski definition) is 4. The van der Waals surface area contributed by atoms with Gasteiger partial charge in [0, 0.05) is 36.9 Å². The summed E-state index contributed by atoms with van der Waals surface area (Å²) < 4.78 is 29.4. The molecule has 0 atom stereocenters. The van der Waals surface area contributed by atoms with Crippen LogP contribution in [0.5, 0.6) is 0 Å². The highest BCUT2D eigenvalue weighted by atomic mass is 19.1. The van der Waals surface area contributed by atoms with E-state index in [9.17, 15) is 23.2 Å². The van der Waals surface area contributed by atoms with Crippen molar-refractivity contribution in [3.63, 3.8) is 0 Å². The molecule has 0 fully saturated rings. The minimum atomic E-state index is -0.746. The van der Waals surface area contributed by atoms with E-state index in [0.717, 1.165) is 22.8 Å². The van der Waals surface area contributed by atoms with Crippen LogP contribution in [0.3, 0.4) is 0 Å². The third-order valence-electron chi connectivity index (χ3n) is 3.57. The van der Waals surface area contributed by atoms with E-state index in [0.29, 0.717) is 0 Å². The smallest absolute Gasteiger partial charge is 0.254 e. The molecule has 1 heterocycles. The summed E-state index contributed by atoms with van der Waals surface area (Å²) in [6.07, 6.45) is 1.19. The normalized spacial score (nSPS) is 10.5. The Morgan fingerprint density at radius 2 is 1.77 bits per heavy atom. The minimum absolute atomic E-state index is 0.0233. The second-order valence-electron chi connectivity index (χ2n) is 5.49. The van der Waals surface area contributed by atoms with Gasteiger partial charge in [-0.2, -0.15) is 0 Å². The molecule has 0 aliphatic heterocycles. The SMILES string of the molecule is CC(=O)NCc1cc(F)c(Cn2cc(C(=O)NCO)ccc2=O)cc1F. The van der Waals surface area contributed by atoms with E-state index in [1.807, 2.05) is 0 Å². The van der Waals surface area contributed by atoms with Crippen LogP contribution in [0.1, 0.15) is 28.4 Å². The van der Waals surface area contributed by atoms with E-state index in [1.54, 1.807) is 0 Å². The number of rotatable bonds is 6. The maximum absolute atomic E-state index is 14.2. The van der Waals surface area contributed by atoms with E-state index >= 15 is 0 Å². The Morgan fingerprint density at radius 1 is 1.12 bits per heavy atom. The number of hydrogen-bond donors (Lipinski definition) is 3. The molecule has 1 aromatic carbocycles. The number of pyridine rings is 1. The molecule has 9 heteroatoms. The van der Waals surface area contributed by atoms with Crippen molar-refractivity contribution in [3.05, 3.63) is 69.1 Å².